The molecule has 6 nitrogen and oxygen atoms in total. The summed E-state index contributed by atoms with van der Waals surface area (Å²) in [5.41, 5.74) is 0. The summed E-state index contributed by atoms with van der Waals surface area (Å²) in [5.74, 6) is -0.966. The van der Waals surface area contributed by atoms with Crippen LogP contribution < -0.4 is 5.32 Å². The minimum atomic E-state index is -4.34. The van der Waals surface area contributed by atoms with Crippen molar-refractivity contribution in [3.63, 3.8) is 0 Å². The molecular weight excluding hydrogens is 655 g/mol. The molecule has 0 aromatic rings. The lowest BCUT2D eigenvalue weighted by Crippen LogP contribution is -2.46. The van der Waals surface area contributed by atoms with Crippen LogP contribution in [0.15, 0.2) is 12.2 Å². The van der Waals surface area contributed by atoms with Crippen LogP contribution in [0.3, 0.4) is 0 Å². The van der Waals surface area contributed by atoms with Crippen molar-refractivity contribution in [2.75, 3.05) is 5.75 Å². The molecule has 0 radical (unpaired) electrons. The standard InChI is InChI=1S/C44H87NO5S/c1-3-5-7-9-11-13-15-17-18-19-20-21-22-23-24-25-26-28-30-32-34-36-38-40-44(47)45-42(41-51(48,49)50)43(46)39-37-35-33-31-29-27-16-14-12-10-8-6-4-2/h37,39,42-43,46H,3-36,38,40-41H2,1-2H3,(H,45,47)(H,48,49,50)/b39-37+. The van der Waals surface area contributed by atoms with E-state index >= 15 is 0 Å². The fraction of sp³-hybridized carbons (Fsp3) is 0.932. The second-order valence-electron chi connectivity index (χ2n) is 15.7. The molecule has 0 fully saturated rings. The molecule has 0 aliphatic heterocycles. The molecule has 1 amide bonds. The van der Waals surface area contributed by atoms with Gasteiger partial charge in [-0.05, 0) is 19.3 Å². The first kappa shape index (κ1) is 50.1. The van der Waals surface area contributed by atoms with Gasteiger partial charge in [-0.15, -0.1) is 0 Å². The van der Waals surface area contributed by atoms with Crippen LogP contribution >= 0.6 is 0 Å². The highest BCUT2D eigenvalue weighted by atomic mass is 32.2. The monoisotopic (exact) mass is 742 g/mol. The lowest BCUT2D eigenvalue weighted by atomic mass is 10.0. The van der Waals surface area contributed by atoms with Crippen LogP contribution in [0.1, 0.15) is 245 Å². The Bertz CT molecular complexity index is 862. The molecule has 51 heavy (non-hydrogen) atoms. The second-order valence-corrected chi connectivity index (χ2v) is 17.2. The van der Waals surface area contributed by atoms with Crippen molar-refractivity contribution < 1.29 is 22.9 Å². The summed E-state index contributed by atoms with van der Waals surface area (Å²) >= 11 is 0. The van der Waals surface area contributed by atoms with Gasteiger partial charge in [-0.2, -0.15) is 8.42 Å². The Morgan fingerprint density at radius 3 is 1.12 bits per heavy atom. The third-order valence-corrected chi connectivity index (χ3v) is 11.2. The Hall–Kier alpha value is -0.920. The molecule has 3 N–H and O–H groups in total. The molecule has 0 aliphatic rings. The fourth-order valence-electron chi connectivity index (χ4n) is 7.10. The minimum absolute atomic E-state index is 0.273. The van der Waals surface area contributed by atoms with Crippen molar-refractivity contribution in [2.24, 2.45) is 0 Å². The lowest BCUT2D eigenvalue weighted by Gasteiger charge is -2.21. The molecule has 0 saturated carbocycles. The normalized spacial score (nSPS) is 13.3. The Kier molecular flexibility index (Phi) is 38.1. The van der Waals surface area contributed by atoms with Gasteiger partial charge in [-0.25, -0.2) is 0 Å². The zero-order chi connectivity index (χ0) is 37.5. The summed E-state index contributed by atoms with van der Waals surface area (Å²) in [4.78, 5) is 12.5. The number of rotatable bonds is 41. The third-order valence-electron chi connectivity index (χ3n) is 10.5. The molecule has 0 spiro atoms. The Labute approximate surface area is 318 Å². The number of amides is 1. The molecule has 0 aliphatic carbocycles. The molecule has 0 bridgehead atoms. The molecule has 2 unspecified atom stereocenters. The summed E-state index contributed by atoms with van der Waals surface area (Å²) in [6, 6.07) is -1.05. The number of hydrogen-bond acceptors (Lipinski definition) is 4. The van der Waals surface area contributed by atoms with Crippen molar-refractivity contribution in [1.82, 2.24) is 5.32 Å². The molecule has 0 aromatic heterocycles. The zero-order valence-electron chi connectivity index (χ0n) is 34.0. The van der Waals surface area contributed by atoms with E-state index in [2.05, 4.69) is 19.2 Å². The highest BCUT2D eigenvalue weighted by Gasteiger charge is 2.24. The van der Waals surface area contributed by atoms with Crippen molar-refractivity contribution in [3.05, 3.63) is 12.2 Å². The first-order chi connectivity index (χ1) is 24.8. The van der Waals surface area contributed by atoms with E-state index in [1.807, 2.05) is 6.08 Å². The highest BCUT2D eigenvalue weighted by Crippen LogP contribution is 2.16. The van der Waals surface area contributed by atoms with Crippen molar-refractivity contribution in [2.45, 2.75) is 257 Å². The van der Waals surface area contributed by atoms with Gasteiger partial charge in [-0.3, -0.25) is 9.35 Å². The maximum atomic E-state index is 12.5. The number of hydrogen-bond donors (Lipinski definition) is 3. The molecule has 0 saturated heterocycles. The fourth-order valence-corrected chi connectivity index (χ4v) is 7.83. The first-order valence-corrected chi connectivity index (χ1v) is 24.0. The maximum absolute atomic E-state index is 12.5. The van der Waals surface area contributed by atoms with Gasteiger partial charge in [-0.1, -0.05) is 231 Å². The van der Waals surface area contributed by atoms with Gasteiger partial charge >= 0.3 is 0 Å². The van der Waals surface area contributed by atoms with Crippen LogP contribution in [0.4, 0.5) is 0 Å². The number of nitrogens with one attached hydrogen (secondary N) is 1. The maximum Gasteiger partial charge on any atom is 0.267 e. The summed E-state index contributed by atoms with van der Waals surface area (Å²) in [6.07, 6.45) is 47.8. The Morgan fingerprint density at radius 2 is 0.804 bits per heavy atom. The van der Waals surface area contributed by atoms with Gasteiger partial charge in [0.15, 0.2) is 0 Å². The van der Waals surface area contributed by atoms with E-state index in [0.717, 1.165) is 38.5 Å². The van der Waals surface area contributed by atoms with E-state index in [1.165, 1.54) is 186 Å². The van der Waals surface area contributed by atoms with Gasteiger partial charge in [0.2, 0.25) is 5.91 Å². The van der Waals surface area contributed by atoms with Gasteiger partial charge in [0, 0.05) is 6.42 Å². The van der Waals surface area contributed by atoms with Crippen molar-refractivity contribution >= 4 is 16.0 Å². The smallest absolute Gasteiger partial charge is 0.267 e. The number of carbonyl (C=O) groups is 1. The van der Waals surface area contributed by atoms with E-state index in [4.69, 9.17) is 0 Å². The molecule has 304 valence electrons. The van der Waals surface area contributed by atoms with Crippen molar-refractivity contribution in [3.8, 4) is 0 Å². The second kappa shape index (κ2) is 38.8. The largest absolute Gasteiger partial charge is 0.387 e. The van der Waals surface area contributed by atoms with Gasteiger partial charge < -0.3 is 10.4 Å². The topological polar surface area (TPSA) is 104 Å². The average Bonchev–Trinajstić information content (AvgIpc) is 3.09. The van der Waals surface area contributed by atoms with E-state index < -0.39 is 28.0 Å². The Balaban J connectivity index is 3.76. The number of aliphatic hydroxyl groups is 1. The molecule has 7 heteroatoms. The van der Waals surface area contributed by atoms with Crippen LogP contribution in [0.2, 0.25) is 0 Å². The Morgan fingerprint density at radius 1 is 0.510 bits per heavy atom. The van der Waals surface area contributed by atoms with Crippen LogP contribution in [0.5, 0.6) is 0 Å². The van der Waals surface area contributed by atoms with Gasteiger partial charge in [0.25, 0.3) is 10.1 Å². The van der Waals surface area contributed by atoms with Crippen LogP contribution in [-0.4, -0.2) is 41.9 Å². The highest BCUT2D eigenvalue weighted by molar-refractivity contribution is 7.85. The predicted molar refractivity (Wildman–Crippen MR) is 221 cm³/mol. The minimum Gasteiger partial charge on any atom is -0.387 e. The number of aliphatic hydroxyl groups excluding tert-OH is 1. The SMILES string of the molecule is CCCCCCCCCCCCC/C=C/C(O)C(CS(=O)(=O)O)NC(=O)CCCCCCCCCCCCCCCCCCCCCCCCC. The molecule has 0 aromatic carbocycles. The summed E-state index contributed by atoms with van der Waals surface area (Å²) < 4.78 is 32.5. The van der Waals surface area contributed by atoms with E-state index in [0.29, 0.717) is 6.42 Å². The lowest BCUT2D eigenvalue weighted by molar-refractivity contribution is -0.122. The van der Waals surface area contributed by atoms with Crippen LogP contribution in [-0.2, 0) is 14.9 Å². The molecule has 0 rings (SSSR count). The molecular formula is C44H87NO5S. The number of unbranched alkanes of at least 4 members (excludes halogenated alkanes) is 33. The first-order valence-electron chi connectivity index (χ1n) is 22.4. The van der Waals surface area contributed by atoms with Crippen LogP contribution in [0.25, 0.3) is 0 Å². The van der Waals surface area contributed by atoms with E-state index in [-0.39, 0.29) is 5.91 Å². The predicted octanol–water partition coefficient (Wildman–Crippen LogP) is 13.4. The van der Waals surface area contributed by atoms with Crippen molar-refractivity contribution in [1.29, 1.82) is 0 Å². The molecule has 2 atom stereocenters. The quantitative estimate of drug-likeness (QED) is 0.0329. The zero-order valence-corrected chi connectivity index (χ0v) is 34.8. The van der Waals surface area contributed by atoms with E-state index in [1.54, 1.807) is 6.08 Å². The van der Waals surface area contributed by atoms with E-state index in [9.17, 15) is 22.9 Å². The molecule has 0 heterocycles. The van der Waals surface area contributed by atoms with Gasteiger partial charge in [0.1, 0.15) is 0 Å². The van der Waals surface area contributed by atoms with Crippen LogP contribution in [0, 0.1) is 0 Å². The number of allylic oxidation sites excluding steroid dienone is 1. The third kappa shape index (κ3) is 40.1. The average molecular weight is 742 g/mol. The number of carbonyl (C=O) groups excluding carboxylic acids is 1. The summed E-state index contributed by atoms with van der Waals surface area (Å²) in [6.45, 7) is 4.53. The van der Waals surface area contributed by atoms with Gasteiger partial charge in [0.05, 0.1) is 17.9 Å². The summed E-state index contributed by atoms with van der Waals surface area (Å²) in [5, 5.41) is 13.2. The summed E-state index contributed by atoms with van der Waals surface area (Å²) in [7, 11) is -4.34.